The third kappa shape index (κ3) is 4.70. The van der Waals surface area contributed by atoms with Crippen LogP contribution < -0.4 is 4.74 Å². The Morgan fingerprint density at radius 3 is 2.31 bits per heavy atom. The smallest absolute Gasteiger partial charge is 0.303 e. The number of ether oxygens (including phenoxy) is 1. The third-order valence-corrected chi connectivity index (χ3v) is 4.12. The number of hydrogen-bond donors (Lipinski definition) is 1. The number of rotatable bonds is 7. The Bertz CT molecular complexity index is 871. The van der Waals surface area contributed by atoms with Crippen LogP contribution in [0.1, 0.15) is 17.5 Å². The van der Waals surface area contributed by atoms with Crippen LogP contribution in [0, 0.1) is 5.82 Å². The molecule has 0 aromatic heterocycles. The average Bonchev–Trinajstić information content (AvgIpc) is 2.66. The molecule has 3 aromatic rings. The maximum atomic E-state index is 13.1. The van der Waals surface area contributed by atoms with Gasteiger partial charge in [-0.1, -0.05) is 48.5 Å². The van der Waals surface area contributed by atoms with Crippen LogP contribution in [0.15, 0.2) is 72.8 Å². The van der Waals surface area contributed by atoms with Crippen LogP contribution >= 0.6 is 0 Å². The van der Waals surface area contributed by atoms with Gasteiger partial charge in [-0.05, 0) is 52.9 Å². The van der Waals surface area contributed by atoms with E-state index < -0.39 is 5.97 Å². The van der Waals surface area contributed by atoms with Crippen LogP contribution in [0.2, 0.25) is 0 Å². The second-order valence-corrected chi connectivity index (χ2v) is 5.99. The van der Waals surface area contributed by atoms with Gasteiger partial charge in [0, 0.05) is 6.42 Å². The normalized spacial score (nSPS) is 10.5. The summed E-state index contributed by atoms with van der Waals surface area (Å²) < 4.78 is 19.0. The maximum absolute atomic E-state index is 13.1. The van der Waals surface area contributed by atoms with Crippen molar-refractivity contribution in [2.45, 2.75) is 19.4 Å². The van der Waals surface area contributed by atoms with Crippen molar-refractivity contribution in [1.29, 1.82) is 0 Å². The number of aliphatic carboxylic acids is 1. The summed E-state index contributed by atoms with van der Waals surface area (Å²) in [7, 11) is 0. The first kappa shape index (κ1) is 17.7. The molecule has 3 nitrogen and oxygen atoms in total. The molecule has 3 aromatic carbocycles. The molecule has 0 unspecified atom stereocenters. The van der Waals surface area contributed by atoms with E-state index in [2.05, 4.69) is 0 Å². The highest BCUT2D eigenvalue weighted by atomic mass is 19.1. The molecule has 0 spiro atoms. The lowest BCUT2D eigenvalue weighted by Gasteiger charge is -2.12. The molecule has 0 saturated carbocycles. The number of carbonyl (C=O) groups is 1. The lowest BCUT2D eigenvalue weighted by Crippen LogP contribution is -1.99. The lowest BCUT2D eigenvalue weighted by atomic mass is 10.0. The maximum Gasteiger partial charge on any atom is 0.303 e. The van der Waals surface area contributed by atoms with Gasteiger partial charge in [0.1, 0.15) is 18.2 Å². The first-order chi connectivity index (χ1) is 12.6. The van der Waals surface area contributed by atoms with E-state index in [4.69, 9.17) is 9.84 Å². The molecular weight excluding hydrogens is 331 g/mol. The molecule has 0 saturated heterocycles. The number of hydrogen-bond acceptors (Lipinski definition) is 2. The molecule has 0 aliphatic rings. The van der Waals surface area contributed by atoms with Crippen molar-refractivity contribution in [3.63, 3.8) is 0 Å². The molecular formula is C22H19FO3. The molecule has 132 valence electrons. The zero-order valence-electron chi connectivity index (χ0n) is 14.2. The standard InChI is InChI=1S/C22H19FO3/c23-19-10-8-17(9-11-19)21-4-2-1-3-18(21)15-26-20-12-5-16(6-13-20)7-14-22(24)25/h1-6,8-13H,7,14-15H2,(H,24,25). The second-order valence-electron chi connectivity index (χ2n) is 5.99. The van der Waals surface area contributed by atoms with Crippen molar-refractivity contribution < 1.29 is 19.0 Å². The van der Waals surface area contributed by atoms with Gasteiger partial charge in [-0.3, -0.25) is 4.79 Å². The fourth-order valence-corrected chi connectivity index (χ4v) is 2.72. The van der Waals surface area contributed by atoms with Crippen molar-refractivity contribution in [1.82, 2.24) is 0 Å². The molecule has 1 N–H and O–H groups in total. The molecule has 0 radical (unpaired) electrons. The molecule has 26 heavy (non-hydrogen) atoms. The first-order valence-electron chi connectivity index (χ1n) is 8.39. The highest BCUT2D eigenvalue weighted by Gasteiger charge is 2.06. The highest BCUT2D eigenvalue weighted by molar-refractivity contribution is 5.67. The van der Waals surface area contributed by atoms with Gasteiger partial charge in [-0.15, -0.1) is 0 Å². The Hall–Kier alpha value is -3.14. The van der Waals surface area contributed by atoms with Crippen LogP contribution in [-0.4, -0.2) is 11.1 Å². The Kier molecular flexibility index (Phi) is 5.64. The Morgan fingerprint density at radius 1 is 0.923 bits per heavy atom. The van der Waals surface area contributed by atoms with E-state index in [0.29, 0.717) is 13.0 Å². The predicted octanol–water partition coefficient (Wildman–Crippen LogP) is 5.09. The summed E-state index contributed by atoms with van der Waals surface area (Å²) in [6.45, 7) is 0.391. The van der Waals surface area contributed by atoms with E-state index in [0.717, 1.165) is 28.0 Å². The number of benzene rings is 3. The lowest BCUT2D eigenvalue weighted by molar-refractivity contribution is -0.136. The summed E-state index contributed by atoms with van der Waals surface area (Å²) in [6, 6.07) is 21.7. The summed E-state index contributed by atoms with van der Waals surface area (Å²) in [5.74, 6) is -0.342. The van der Waals surface area contributed by atoms with Crippen LogP contribution in [0.3, 0.4) is 0 Å². The van der Waals surface area contributed by atoms with E-state index >= 15 is 0 Å². The Balaban J connectivity index is 1.68. The van der Waals surface area contributed by atoms with Gasteiger partial charge in [0.2, 0.25) is 0 Å². The fourth-order valence-electron chi connectivity index (χ4n) is 2.72. The largest absolute Gasteiger partial charge is 0.489 e. The van der Waals surface area contributed by atoms with Gasteiger partial charge in [0.05, 0.1) is 0 Å². The minimum absolute atomic E-state index is 0.116. The van der Waals surface area contributed by atoms with E-state index in [1.54, 1.807) is 12.1 Å². The van der Waals surface area contributed by atoms with Gasteiger partial charge in [-0.2, -0.15) is 0 Å². The predicted molar refractivity (Wildman–Crippen MR) is 98.6 cm³/mol. The van der Waals surface area contributed by atoms with Crippen LogP contribution in [0.5, 0.6) is 5.75 Å². The highest BCUT2D eigenvalue weighted by Crippen LogP contribution is 2.25. The minimum Gasteiger partial charge on any atom is -0.489 e. The van der Waals surface area contributed by atoms with Crippen LogP contribution in [0.25, 0.3) is 11.1 Å². The number of carboxylic acids is 1. The van der Waals surface area contributed by atoms with E-state index in [1.165, 1.54) is 12.1 Å². The monoisotopic (exact) mass is 350 g/mol. The fraction of sp³-hybridized carbons (Fsp3) is 0.136. The molecule has 0 fully saturated rings. The third-order valence-electron chi connectivity index (χ3n) is 4.12. The number of carboxylic acid groups (broad SMARTS) is 1. The van der Waals surface area contributed by atoms with Crippen molar-refractivity contribution in [3.8, 4) is 16.9 Å². The van der Waals surface area contributed by atoms with Crippen molar-refractivity contribution in [2.75, 3.05) is 0 Å². The topological polar surface area (TPSA) is 46.5 Å². The number of halogens is 1. The summed E-state index contributed by atoms with van der Waals surface area (Å²) >= 11 is 0. The van der Waals surface area contributed by atoms with E-state index in [-0.39, 0.29) is 12.2 Å². The molecule has 3 rings (SSSR count). The number of aryl methyl sites for hydroxylation is 1. The van der Waals surface area contributed by atoms with Crippen molar-refractivity contribution in [2.24, 2.45) is 0 Å². The van der Waals surface area contributed by atoms with Crippen molar-refractivity contribution >= 4 is 5.97 Å². The van der Waals surface area contributed by atoms with Gasteiger partial charge in [0.15, 0.2) is 0 Å². The molecule has 0 bridgehead atoms. The summed E-state index contributed by atoms with van der Waals surface area (Å²) in [5.41, 5.74) is 3.92. The van der Waals surface area contributed by atoms with E-state index in [1.807, 2.05) is 48.5 Å². The summed E-state index contributed by atoms with van der Waals surface area (Å²) in [6.07, 6.45) is 0.619. The van der Waals surface area contributed by atoms with Gasteiger partial charge in [-0.25, -0.2) is 4.39 Å². The zero-order valence-corrected chi connectivity index (χ0v) is 14.2. The van der Waals surface area contributed by atoms with Gasteiger partial charge in [0.25, 0.3) is 0 Å². The first-order valence-corrected chi connectivity index (χ1v) is 8.39. The Labute approximate surface area is 151 Å². The second kappa shape index (κ2) is 8.30. The molecule has 0 heterocycles. The average molecular weight is 350 g/mol. The van der Waals surface area contributed by atoms with E-state index in [9.17, 15) is 9.18 Å². The molecule has 4 heteroatoms. The van der Waals surface area contributed by atoms with Gasteiger partial charge < -0.3 is 9.84 Å². The van der Waals surface area contributed by atoms with Gasteiger partial charge >= 0.3 is 5.97 Å². The summed E-state index contributed by atoms with van der Waals surface area (Å²) in [5, 5.41) is 8.73. The quantitative estimate of drug-likeness (QED) is 0.646. The molecule has 0 aliphatic heterocycles. The van der Waals surface area contributed by atoms with Crippen LogP contribution in [-0.2, 0) is 17.8 Å². The zero-order chi connectivity index (χ0) is 18.4. The molecule has 0 amide bonds. The minimum atomic E-state index is -0.803. The summed E-state index contributed by atoms with van der Waals surface area (Å²) in [4.78, 5) is 10.6. The van der Waals surface area contributed by atoms with Crippen LogP contribution in [0.4, 0.5) is 4.39 Å². The molecule has 0 aliphatic carbocycles. The van der Waals surface area contributed by atoms with Crippen molar-refractivity contribution in [3.05, 3.63) is 89.7 Å². The SMILES string of the molecule is O=C(O)CCc1ccc(OCc2ccccc2-c2ccc(F)cc2)cc1. The molecule has 0 atom stereocenters. The Morgan fingerprint density at radius 2 is 1.62 bits per heavy atom.